The summed E-state index contributed by atoms with van der Waals surface area (Å²) in [6, 6.07) is 18.6. The van der Waals surface area contributed by atoms with Crippen LogP contribution in [0.4, 0.5) is 13.2 Å². The Kier molecular flexibility index (Phi) is 7.10. The average molecular weight is 493 g/mol. The molecule has 0 bridgehead atoms. The van der Waals surface area contributed by atoms with Crippen LogP contribution in [0.2, 0.25) is 0 Å². The number of benzene rings is 3. The van der Waals surface area contributed by atoms with Gasteiger partial charge in [-0.3, -0.25) is 9.59 Å². The molecule has 4 aromatic rings. The summed E-state index contributed by atoms with van der Waals surface area (Å²) in [5.74, 6) is -0.682. The fourth-order valence-corrected chi connectivity index (χ4v) is 3.69. The van der Waals surface area contributed by atoms with Gasteiger partial charge in [-0.25, -0.2) is 0 Å². The molecule has 3 N–H and O–H groups in total. The molecular weight excluding hydrogens is 471 g/mol. The highest BCUT2D eigenvalue weighted by Crippen LogP contribution is 2.32. The summed E-state index contributed by atoms with van der Waals surface area (Å²) in [6.07, 6.45) is -1.44. The van der Waals surface area contributed by atoms with E-state index in [1.54, 1.807) is 48.7 Å². The molecule has 0 unspecified atom stereocenters. The SMILES string of the molecule is COc1ccc2[nH]cc(/C=C(\NC(=O)c3ccccc3)C(=O)NCc3ccccc3C(F)(F)F)c2c1. The molecule has 4 rings (SSSR count). The molecule has 1 aromatic heterocycles. The van der Waals surface area contributed by atoms with E-state index in [2.05, 4.69) is 15.6 Å². The Hall–Kier alpha value is -4.53. The van der Waals surface area contributed by atoms with Crippen molar-refractivity contribution in [2.75, 3.05) is 7.11 Å². The molecular formula is C27H22F3N3O3. The molecule has 9 heteroatoms. The lowest BCUT2D eigenvalue weighted by Crippen LogP contribution is -2.35. The number of halogens is 3. The number of ether oxygens (including phenoxy) is 1. The van der Waals surface area contributed by atoms with Gasteiger partial charge in [0, 0.05) is 34.8 Å². The molecule has 0 saturated heterocycles. The zero-order valence-electron chi connectivity index (χ0n) is 19.1. The van der Waals surface area contributed by atoms with Crippen molar-refractivity contribution in [2.24, 2.45) is 0 Å². The molecule has 3 aromatic carbocycles. The van der Waals surface area contributed by atoms with Crippen LogP contribution in [0.3, 0.4) is 0 Å². The first-order valence-corrected chi connectivity index (χ1v) is 10.9. The summed E-state index contributed by atoms with van der Waals surface area (Å²) in [5, 5.41) is 5.82. The Balaban J connectivity index is 1.66. The van der Waals surface area contributed by atoms with Crippen LogP contribution in [0.1, 0.15) is 27.0 Å². The van der Waals surface area contributed by atoms with Crippen LogP contribution in [0.15, 0.2) is 84.7 Å². The predicted molar refractivity (Wildman–Crippen MR) is 130 cm³/mol. The Morgan fingerprint density at radius 1 is 1.00 bits per heavy atom. The topological polar surface area (TPSA) is 83.2 Å². The number of carbonyl (C=O) groups is 2. The third-order valence-corrected chi connectivity index (χ3v) is 5.51. The summed E-state index contributed by atoms with van der Waals surface area (Å²) >= 11 is 0. The number of aromatic amines is 1. The first-order chi connectivity index (χ1) is 17.3. The third kappa shape index (κ3) is 5.57. The van der Waals surface area contributed by atoms with E-state index in [0.29, 0.717) is 16.9 Å². The Morgan fingerprint density at radius 2 is 1.72 bits per heavy atom. The van der Waals surface area contributed by atoms with E-state index in [4.69, 9.17) is 4.74 Å². The number of carbonyl (C=O) groups excluding carboxylic acids is 2. The van der Waals surface area contributed by atoms with E-state index in [1.165, 1.54) is 31.4 Å². The van der Waals surface area contributed by atoms with Gasteiger partial charge >= 0.3 is 6.18 Å². The van der Waals surface area contributed by atoms with E-state index in [9.17, 15) is 22.8 Å². The smallest absolute Gasteiger partial charge is 0.416 e. The van der Waals surface area contributed by atoms with Gasteiger partial charge in [0.05, 0.1) is 12.7 Å². The number of fused-ring (bicyclic) bond motifs is 1. The molecule has 0 aliphatic carbocycles. The van der Waals surface area contributed by atoms with E-state index in [0.717, 1.165) is 17.0 Å². The second-order valence-corrected chi connectivity index (χ2v) is 7.87. The molecule has 6 nitrogen and oxygen atoms in total. The van der Waals surface area contributed by atoms with Crippen molar-refractivity contribution in [1.29, 1.82) is 0 Å². The fraction of sp³-hybridized carbons (Fsp3) is 0.111. The number of nitrogens with one attached hydrogen (secondary N) is 3. The van der Waals surface area contributed by atoms with Gasteiger partial charge < -0.3 is 20.4 Å². The lowest BCUT2D eigenvalue weighted by molar-refractivity contribution is -0.138. The molecule has 0 aliphatic heterocycles. The van der Waals surface area contributed by atoms with Gasteiger partial charge in [-0.05, 0) is 48.0 Å². The van der Waals surface area contributed by atoms with Crippen LogP contribution >= 0.6 is 0 Å². The lowest BCUT2D eigenvalue weighted by Gasteiger charge is -2.15. The van der Waals surface area contributed by atoms with Crippen molar-refractivity contribution in [2.45, 2.75) is 12.7 Å². The third-order valence-electron chi connectivity index (χ3n) is 5.51. The normalized spacial score (nSPS) is 11.8. The molecule has 0 spiro atoms. The maximum atomic E-state index is 13.4. The number of alkyl halides is 3. The minimum Gasteiger partial charge on any atom is -0.497 e. The van der Waals surface area contributed by atoms with Crippen LogP contribution < -0.4 is 15.4 Å². The number of rotatable bonds is 7. The number of H-pyrrole nitrogens is 1. The highest BCUT2D eigenvalue weighted by molar-refractivity contribution is 6.06. The summed E-state index contributed by atoms with van der Waals surface area (Å²) in [6.45, 7) is -0.380. The van der Waals surface area contributed by atoms with E-state index in [1.807, 2.05) is 6.07 Å². The van der Waals surface area contributed by atoms with E-state index >= 15 is 0 Å². The minimum absolute atomic E-state index is 0.0936. The number of hydrogen-bond donors (Lipinski definition) is 3. The fourth-order valence-electron chi connectivity index (χ4n) is 3.69. The van der Waals surface area contributed by atoms with Crippen molar-refractivity contribution in [1.82, 2.24) is 15.6 Å². The monoisotopic (exact) mass is 493 g/mol. The zero-order valence-corrected chi connectivity index (χ0v) is 19.1. The molecule has 1 heterocycles. The van der Waals surface area contributed by atoms with Crippen LogP contribution in [-0.2, 0) is 17.5 Å². The van der Waals surface area contributed by atoms with Gasteiger partial charge in [-0.1, -0.05) is 36.4 Å². The molecule has 2 amide bonds. The van der Waals surface area contributed by atoms with Gasteiger partial charge in [-0.15, -0.1) is 0 Å². The highest BCUT2D eigenvalue weighted by Gasteiger charge is 2.33. The molecule has 36 heavy (non-hydrogen) atoms. The van der Waals surface area contributed by atoms with E-state index < -0.39 is 23.6 Å². The molecule has 184 valence electrons. The summed E-state index contributed by atoms with van der Waals surface area (Å²) < 4.78 is 45.3. The quantitative estimate of drug-likeness (QED) is 0.306. The summed E-state index contributed by atoms with van der Waals surface area (Å²) in [7, 11) is 1.53. The maximum Gasteiger partial charge on any atom is 0.416 e. The van der Waals surface area contributed by atoms with E-state index in [-0.39, 0.29) is 17.8 Å². The standard InChI is InChI=1S/C27H22F3N3O3/c1-36-20-11-12-23-21(14-20)19(16-31-23)13-24(33-25(34)17-7-3-2-4-8-17)26(35)32-15-18-9-5-6-10-22(18)27(28,29)30/h2-14,16,31H,15H2,1H3,(H,32,35)(H,33,34)/b24-13-. The van der Waals surface area contributed by atoms with Crippen molar-refractivity contribution in [3.8, 4) is 5.75 Å². The van der Waals surface area contributed by atoms with Crippen LogP contribution in [0, 0.1) is 0 Å². The van der Waals surface area contributed by atoms with Crippen molar-refractivity contribution < 1.29 is 27.5 Å². The predicted octanol–water partition coefficient (Wildman–Crippen LogP) is 5.28. The zero-order chi connectivity index (χ0) is 25.7. The number of hydrogen-bond acceptors (Lipinski definition) is 3. The number of amides is 2. The largest absolute Gasteiger partial charge is 0.497 e. The number of aromatic nitrogens is 1. The molecule has 0 atom stereocenters. The molecule has 0 radical (unpaired) electrons. The first-order valence-electron chi connectivity index (χ1n) is 10.9. The minimum atomic E-state index is -4.56. The van der Waals surface area contributed by atoms with Gasteiger partial charge in [0.2, 0.25) is 0 Å². The maximum absolute atomic E-state index is 13.4. The Labute approximate surface area is 204 Å². The first kappa shape index (κ1) is 24.6. The van der Waals surface area contributed by atoms with Crippen molar-refractivity contribution in [3.05, 3.63) is 107 Å². The Bertz CT molecular complexity index is 1430. The molecule has 0 fully saturated rings. The molecule has 0 aliphatic rings. The van der Waals surface area contributed by atoms with Crippen molar-refractivity contribution >= 4 is 28.8 Å². The van der Waals surface area contributed by atoms with Crippen molar-refractivity contribution in [3.63, 3.8) is 0 Å². The van der Waals surface area contributed by atoms with Gasteiger partial charge in [0.15, 0.2) is 0 Å². The molecule has 0 saturated carbocycles. The highest BCUT2D eigenvalue weighted by atomic mass is 19.4. The summed E-state index contributed by atoms with van der Waals surface area (Å²) in [5.41, 5.74) is 0.612. The van der Waals surface area contributed by atoms with Crippen LogP contribution in [-0.4, -0.2) is 23.9 Å². The number of methoxy groups -OCH3 is 1. The second kappa shape index (κ2) is 10.4. The Morgan fingerprint density at radius 3 is 2.44 bits per heavy atom. The lowest BCUT2D eigenvalue weighted by atomic mass is 10.1. The second-order valence-electron chi connectivity index (χ2n) is 7.87. The summed E-state index contributed by atoms with van der Waals surface area (Å²) in [4.78, 5) is 29.0. The van der Waals surface area contributed by atoms with Gasteiger partial charge in [0.25, 0.3) is 11.8 Å². The van der Waals surface area contributed by atoms with Gasteiger partial charge in [-0.2, -0.15) is 13.2 Å². The van der Waals surface area contributed by atoms with Gasteiger partial charge in [0.1, 0.15) is 11.4 Å². The van der Waals surface area contributed by atoms with Crippen LogP contribution in [0.5, 0.6) is 5.75 Å². The average Bonchev–Trinajstić information content (AvgIpc) is 3.28. The van der Waals surface area contributed by atoms with Crippen LogP contribution in [0.25, 0.3) is 17.0 Å².